The Morgan fingerprint density at radius 3 is 2.39 bits per heavy atom. The number of aliphatic hydroxyl groups is 1. The van der Waals surface area contributed by atoms with E-state index in [1.807, 2.05) is 13.8 Å². The fourth-order valence-corrected chi connectivity index (χ4v) is 4.24. The van der Waals surface area contributed by atoms with Crippen LogP contribution in [-0.2, 0) is 10.0 Å². The number of rotatable bonds is 6. The van der Waals surface area contributed by atoms with Crippen molar-refractivity contribution in [3.8, 4) is 0 Å². The van der Waals surface area contributed by atoms with Gasteiger partial charge in [0.2, 0.25) is 10.0 Å². The molecule has 1 aromatic rings. The Balaban J connectivity index is 2.83. The number of sulfonamides is 1. The minimum atomic E-state index is -3.59. The average molecular weight is 312 g/mol. The van der Waals surface area contributed by atoms with Crippen molar-refractivity contribution < 1.29 is 13.5 Å². The van der Waals surface area contributed by atoms with Crippen LogP contribution in [0.15, 0.2) is 10.3 Å². The van der Waals surface area contributed by atoms with Gasteiger partial charge in [0.15, 0.2) is 0 Å². The van der Waals surface area contributed by atoms with Gasteiger partial charge < -0.3 is 5.11 Å². The van der Waals surface area contributed by atoms with Gasteiger partial charge in [-0.15, -0.1) is 11.3 Å². The summed E-state index contributed by atoms with van der Waals surface area (Å²) in [5.41, 5.74) is -0.258. The molecule has 1 aromatic heterocycles. The van der Waals surface area contributed by atoms with Gasteiger partial charge in [0.05, 0.1) is 9.94 Å². The topological polar surface area (TPSA) is 66.4 Å². The zero-order valence-corrected chi connectivity index (χ0v) is 13.0. The second-order valence-electron chi connectivity index (χ2n) is 4.28. The first kappa shape index (κ1) is 15.9. The van der Waals surface area contributed by atoms with Crippen molar-refractivity contribution in [1.82, 2.24) is 4.72 Å². The van der Waals surface area contributed by atoms with Gasteiger partial charge in [0.1, 0.15) is 4.21 Å². The van der Waals surface area contributed by atoms with Crippen LogP contribution >= 0.6 is 22.9 Å². The summed E-state index contributed by atoms with van der Waals surface area (Å²) in [6.45, 7) is 5.41. The van der Waals surface area contributed by atoms with E-state index in [2.05, 4.69) is 4.72 Å². The van der Waals surface area contributed by atoms with E-state index in [4.69, 9.17) is 11.6 Å². The highest BCUT2D eigenvalue weighted by Crippen LogP contribution is 2.30. The monoisotopic (exact) mass is 311 g/mol. The zero-order valence-electron chi connectivity index (χ0n) is 10.7. The summed E-state index contributed by atoms with van der Waals surface area (Å²) in [5, 5.41) is 10.0. The highest BCUT2D eigenvalue weighted by Gasteiger charge is 2.26. The molecule has 0 amide bonds. The molecule has 1 rings (SSSR count). The molecule has 2 N–H and O–H groups in total. The van der Waals surface area contributed by atoms with Crippen molar-refractivity contribution in [1.29, 1.82) is 0 Å². The minimum absolute atomic E-state index is 0.0108. The van der Waals surface area contributed by atoms with Gasteiger partial charge in [-0.3, -0.25) is 0 Å². The van der Waals surface area contributed by atoms with Crippen LogP contribution in [0.3, 0.4) is 0 Å². The number of hydrogen-bond acceptors (Lipinski definition) is 4. The predicted octanol–water partition coefficient (Wildman–Crippen LogP) is 2.54. The lowest BCUT2D eigenvalue weighted by Gasteiger charge is -2.25. The Labute approximate surface area is 117 Å². The molecule has 0 atom stereocenters. The fraction of sp³-hybridized carbons (Fsp3) is 0.636. The minimum Gasteiger partial charge on any atom is -0.389 e. The van der Waals surface area contributed by atoms with Gasteiger partial charge in [-0.2, -0.15) is 0 Å². The number of halogens is 1. The lowest BCUT2D eigenvalue weighted by molar-refractivity contribution is 0.0377. The van der Waals surface area contributed by atoms with Crippen molar-refractivity contribution in [2.75, 3.05) is 6.54 Å². The maximum atomic E-state index is 12.0. The Kier molecular flexibility index (Phi) is 5.20. The Morgan fingerprint density at radius 2 is 2.00 bits per heavy atom. The molecule has 0 aliphatic carbocycles. The van der Waals surface area contributed by atoms with E-state index in [0.717, 1.165) is 16.9 Å². The van der Waals surface area contributed by atoms with Crippen LogP contribution in [-0.4, -0.2) is 25.7 Å². The molecule has 104 valence electrons. The van der Waals surface area contributed by atoms with E-state index >= 15 is 0 Å². The molecule has 0 saturated heterocycles. The Morgan fingerprint density at radius 1 is 1.44 bits per heavy atom. The SMILES string of the molecule is CCC(O)(CC)CNS(=O)(=O)c1cc(C)c(Cl)s1. The lowest BCUT2D eigenvalue weighted by Crippen LogP contribution is -2.41. The third-order valence-corrected chi connectivity index (χ3v) is 6.44. The summed E-state index contributed by atoms with van der Waals surface area (Å²) in [4.78, 5) is 0. The average Bonchev–Trinajstić information content (AvgIpc) is 2.68. The molecule has 0 aliphatic heterocycles. The summed E-state index contributed by atoms with van der Waals surface area (Å²) >= 11 is 6.88. The summed E-state index contributed by atoms with van der Waals surface area (Å²) in [7, 11) is -3.59. The van der Waals surface area contributed by atoms with Crippen LogP contribution in [0.4, 0.5) is 0 Å². The molecule has 0 aliphatic rings. The maximum Gasteiger partial charge on any atom is 0.250 e. The van der Waals surface area contributed by atoms with Crippen molar-refractivity contribution in [3.63, 3.8) is 0 Å². The summed E-state index contributed by atoms with van der Waals surface area (Å²) in [6, 6.07) is 1.53. The molecular weight excluding hydrogens is 294 g/mol. The van der Waals surface area contributed by atoms with Crippen molar-refractivity contribution >= 4 is 33.0 Å². The molecule has 7 heteroatoms. The lowest BCUT2D eigenvalue weighted by atomic mass is 9.98. The third kappa shape index (κ3) is 3.68. The van der Waals surface area contributed by atoms with Gasteiger partial charge in [-0.25, -0.2) is 13.1 Å². The third-order valence-electron chi connectivity index (χ3n) is 3.01. The van der Waals surface area contributed by atoms with Gasteiger partial charge in [-0.1, -0.05) is 25.4 Å². The van der Waals surface area contributed by atoms with E-state index in [1.54, 1.807) is 6.92 Å². The molecule has 1 heterocycles. The Hall–Kier alpha value is -0.140. The van der Waals surface area contributed by atoms with E-state index in [-0.39, 0.29) is 10.8 Å². The first-order chi connectivity index (χ1) is 8.24. The molecule has 0 bridgehead atoms. The van der Waals surface area contributed by atoms with Crippen LogP contribution in [0, 0.1) is 6.92 Å². The van der Waals surface area contributed by atoms with E-state index in [9.17, 15) is 13.5 Å². The molecular formula is C11H18ClNO3S2. The number of hydrogen-bond donors (Lipinski definition) is 2. The zero-order chi connectivity index (χ0) is 14.0. The van der Waals surface area contributed by atoms with Crippen LogP contribution in [0.25, 0.3) is 0 Å². The predicted molar refractivity (Wildman–Crippen MR) is 74.8 cm³/mol. The number of nitrogens with one attached hydrogen (secondary N) is 1. The first-order valence-corrected chi connectivity index (χ1v) is 8.40. The largest absolute Gasteiger partial charge is 0.389 e. The van der Waals surface area contributed by atoms with E-state index < -0.39 is 15.6 Å². The molecule has 0 saturated carbocycles. The molecule has 0 unspecified atom stereocenters. The van der Waals surface area contributed by atoms with E-state index in [0.29, 0.717) is 17.2 Å². The molecule has 0 aromatic carbocycles. The standard InChI is InChI=1S/C11H18ClNO3S2/c1-4-11(14,5-2)7-13-18(15,16)9-6-8(3)10(12)17-9/h6,13-14H,4-5,7H2,1-3H3. The molecule has 0 spiro atoms. The molecule has 18 heavy (non-hydrogen) atoms. The summed E-state index contributed by atoms with van der Waals surface area (Å²) < 4.78 is 27.1. The Bertz CT molecular complexity index is 487. The summed E-state index contributed by atoms with van der Waals surface area (Å²) in [5.74, 6) is 0. The quantitative estimate of drug-likeness (QED) is 0.848. The normalized spacial score (nSPS) is 12.9. The molecule has 0 fully saturated rings. The second kappa shape index (κ2) is 5.88. The first-order valence-electron chi connectivity index (χ1n) is 5.72. The molecule has 0 radical (unpaired) electrons. The highest BCUT2D eigenvalue weighted by atomic mass is 35.5. The number of aryl methyl sites for hydroxylation is 1. The van der Waals surface area contributed by atoms with Crippen molar-refractivity contribution in [2.24, 2.45) is 0 Å². The maximum absolute atomic E-state index is 12.0. The van der Waals surface area contributed by atoms with Gasteiger partial charge in [0.25, 0.3) is 0 Å². The van der Waals surface area contributed by atoms with Crippen molar-refractivity contribution in [3.05, 3.63) is 16.0 Å². The second-order valence-corrected chi connectivity index (χ2v) is 7.93. The van der Waals surface area contributed by atoms with Crippen LogP contribution in [0.2, 0.25) is 4.34 Å². The smallest absolute Gasteiger partial charge is 0.250 e. The van der Waals surface area contributed by atoms with Crippen molar-refractivity contribution in [2.45, 2.75) is 43.4 Å². The number of thiophene rings is 1. The van der Waals surface area contributed by atoms with E-state index in [1.165, 1.54) is 6.07 Å². The molecule has 4 nitrogen and oxygen atoms in total. The fourth-order valence-electron chi connectivity index (χ4n) is 1.36. The highest BCUT2D eigenvalue weighted by molar-refractivity contribution is 7.91. The summed E-state index contributed by atoms with van der Waals surface area (Å²) in [6.07, 6.45) is 0.993. The van der Waals surface area contributed by atoms with Gasteiger partial charge in [0, 0.05) is 6.54 Å². The van der Waals surface area contributed by atoms with Crippen LogP contribution < -0.4 is 4.72 Å². The van der Waals surface area contributed by atoms with Crippen LogP contribution in [0.1, 0.15) is 32.3 Å². The van der Waals surface area contributed by atoms with Gasteiger partial charge in [-0.05, 0) is 31.4 Å². The van der Waals surface area contributed by atoms with Crippen LogP contribution in [0.5, 0.6) is 0 Å². The van der Waals surface area contributed by atoms with Gasteiger partial charge >= 0.3 is 0 Å².